The summed E-state index contributed by atoms with van der Waals surface area (Å²) < 4.78 is 17.0. The number of ether oxygens (including phenoxy) is 3. The van der Waals surface area contributed by atoms with Crippen LogP contribution in [0.4, 0.5) is 11.8 Å². The summed E-state index contributed by atoms with van der Waals surface area (Å²) in [4.78, 5) is 34.7. The van der Waals surface area contributed by atoms with Crippen LogP contribution in [0, 0.1) is 0 Å². The van der Waals surface area contributed by atoms with Crippen molar-refractivity contribution in [2.45, 2.75) is 36.7 Å². The topological polar surface area (TPSA) is 117 Å². The Morgan fingerprint density at radius 3 is 2.87 bits per heavy atom. The first-order valence-electron chi connectivity index (χ1n) is 9.25. The van der Waals surface area contributed by atoms with E-state index in [4.69, 9.17) is 19.9 Å². The van der Waals surface area contributed by atoms with Gasteiger partial charge in [-0.3, -0.25) is 9.69 Å². The number of fused-ring (bicyclic) bond motifs is 1. The number of nitrogens with two attached hydrogens (primary N) is 1. The molecule has 2 aliphatic heterocycles. The van der Waals surface area contributed by atoms with Gasteiger partial charge in [0.15, 0.2) is 12.0 Å². The van der Waals surface area contributed by atoms with E-state index in [-0.39, 0.29) is 12.6 Å². The number of carbonyl (C=O) groups excluding carboxylic acids is 2. The number of hydrogen-bond acceptors (Lipinski definition) is 10. The van der Waals surface area contributed by atoms with Gasteiger partial charge in [0.05, 0.1) is 21.6 Å². The largest absolute Gasteiger partial charge is 0.459 e. The number of carbonyl (C=O) groups is 2. The van der Waals surface area contributed by atoms with Crippen molar-refractivity contribution in [3.05, 3.63) is 53.7 Å². The Balaban J connectivity index is 1.50. The first kappa shape index (κ1) is 20.2. The first-order chi connectivity index (χ1) is 14.4. The lowest BCUT2D eigenvalue weighted by Crippen LogP contribution is -2.41. The fourth-order valence-corrected chi connectivity index (χ4v) is 4.26. The molecule has 1 fully saturated rings. The highest BCUT2D eigenvalue weighted by Gasteiger charge is 2.45. The number of thioether (sulfide) groups is 1. The van der Waals surface area contributed by atoms with Crippen molar-refractivity contribution in [1.29, 1.82) is 0 Å². The van der Waals surface area contributed by atoms with Crippen molar-refractivity contribution in [3.63, 3.8) is 0 Å². The Kier molecular flexibility index (Phi) is 5.60. The molecule has 9 nitrogen and oxygen atoms in total. The molecule has 10 heteroatoms. The monoisotopic (exact) mass is 428 g/mol. The number of nitrogen functional groups attached to an aromatic ring is 1. The van der Waals surface area contributed by atoms with Crippen LogP contribution in [0.15, 0.2) is 53.0 Å². The Morgan fingerprint density at radius 2 is 2.13 bits per heavy atom. The molecule has 1 aromatic heterocycles. The minimum absolute atomic E-state index is 0.0220. The maximum atomic E-state index is 12.2. The summed E-state index contributed by atoms with van der Waals surface area (Å²) in [6.07, 6.45) is 0.236. The fourth-order valence-electron chi connectivity index (χ4n) is 3.37. The summed E-state index contributed by atoms with van der Waals surface area (Å²) in [5.74, 6) is -0.222. The highest BCUT2D eigenvalue weighted by Crippen LogP contribution is 2.47. The normalized spacial score (nSPS) is 22.6. The predicted molar refractivity (Wildman–Crippen MR) is 109 cm³/mol. The van der Waals surface area contributed by atoms with Gasteiger partial charge < -0.3 is 19.9 Å². The molecule has 0 saturated carbocycles. The molecule has 1 saturated heterocycles. The lowest BCUT2D eigenvalue weighted by atomic mass is 10.2. The minimum atomic E-state index is -0.676. The van der Waals surface area contributed by atoms with E-state index in [0.717, 1.165) is 4.90 Å². The van der Waals surface area contributed by atoms with Crippen LogP contribution in [0.25, 0.3) is 0 Å². The van der Waals surface area contributed by atoms with Crippen LogP contribution in [0.5, 0.6) is 0 Å². The molecular weight excluding hydrogens is 408 g/mol. The molecule has 2 aliphatic rings. The number of benzene rings is 1. The summed E-state index contributed by atoms with van der Waals surface area (Å²) in [5.41, 5.74) is 6.20. The summed E-state index contributed by atoms with van der Waals surface area (Å²) in [6.45, 7) is 5.41. The van der Waals surface area contributed by atoms with E-state index in [1.165, 1.54) is 18.7 Å². The molecule has 4 rings (SSSR count). The Labute approximate surface area is 177 Å². The second-order valence-corrected chi connectivity index (χ2v) is 7.89. The molecule has 30 heavy (non-hydrogen) atoms. The van der Waals surface area contributed by atoms with Gasteiger partial charge in [-0.15, -0.1) is 0 Å². The van der Waals surface area contributed by atoms with Crippen LogP contribution in [0.1, 0.15) is 23.7 Å². The molecule has 2 aromatic rings. The Morgan fingerprint density at radius 1 is 1.37 bits per heavy atom. The molecule has 0 spiro atoms. The molecule has 0 aliphatic carbocycles. The van der Waals surface area contributed by atoms with Crippen molar-refractivity contribution in [2.75, 3.05) is 17.2 Å². The number of aromatic nitrogens is 2. The summed E-state index contributed by atoms with van der Waals surface area (Å²) in [7, 11) is 0. The molecule has 0 amide bonds. The van der Waals surface area contributed by atoms with Crippen LogP contribution in [-0.4, -0.2) is 46.9 Å². The van der Waals surface area contributed by atoms with Crippen LogP contribution in [-0.2, 0) is 19.0 Å². The summed E-state index contributed by atoms with van der Waals surface area (Å²) in [6, 6.07) is 8.69. The molecular formula is C20H20N4O5S. The zero-order valence-electron chi connectivity index (χ0n) is 16.2. The van der Waals surface area contributed by atoms with Gasteiger partial charge in [-0.05, 0) is 12.1 Å². The molecule has 3 heterocycles. The standard InChI is InChI=1S/C20H20N4O5S/c1-11-24(17-16(30-11)9-22-20(21)23-17)18-15(28-12(2)25)8-14(29-18)10-27-19(26)13-6-4-3-5-7-13/h3-7,9,14-15,18H,1,8,10H2,2H3,(H2,21,22,23)/t14-,15+,18+/m0/s1. The van der Waals surface area contributed by atoms with Gasteiger partial charge in [-0.25, -0.2) is 9.78 Å². The average molecular weight is 428 g/mol. The van der Waals surface area contributed by atoms with E-state index in [9.17, 15) is 9.59 Å². The number of rotatable bonds is 5. The van der Waals surface area contributed by atoms with Crippen molar-refractivity contribution in [3.8, 4) is 0 Å². The maximum Gasteiger partial charge on any atom is 0.338 e. The van der Waals surface area contributed by atoms with E-state index in [1.807, 2.05) is 6.07 Å². The van der Waals surface area contributed by atoms with E-state index in [0.29, 0.717) is 22.8 Å². The maximum absolute atomic E-state index is 12.2. The third-order valence-electron chi connectivity index (χ3n) is 4.61. The predicted octanol–water partition coefficient (Wildman–Crippen LogP) is 2.35. The van der Waals surface area contributed by atoms with Gasteiger partial charge in [0.1, 0.15) is 12.7 Å². The molecule has 1 aromatic carbocycles. The van der Waals surface area contributed by atoms with Crippen molar-refractivity contribution in [1.82, 2.24) is 9.97 Å². The zero-order chi connectivity index (χ0) is 21.3. The number of hydrogen-bond donors (Lipinski definition) is 1. The van der Waals surface area contributed by atoms with Crippen molar-refractivity contribution in [2.24, 2.45) is 0 Å². The van der Waals surface area contributed by atoms with Gasteiger partial charge in [0.25, 0.3) is 0 Å². The minimum Gasteiger partial charge on any atom is -0.459 e. The molecule has 0 unspecified atom stereocenters. The van der Waals surface area contributed by atoms with E-state index < -0.39 is 30.4 Å². The van der Waals surface area contributed by atoms with E-state index in [1.54, 1.807) is 35.4 Å². The summed E-state index contributed by atoms with van der Waals surface area (Å²) >= 11 is 1.38. The lowest BCUT2D eigenvalue weighted by molar-refractivity contribution is -0.148. The number of esters is 2. The van der Waals surface area contributed by atoms with Gasteiger partial charge in [0.2, 0.25) is 5.95 Å². The SMILES string of the molecule is C=C1Sc2cnc(N)nc2N1[C@@H]1O[C@H](COC(=O)c2ccccc2)C[C@H]1OC(C)=O. The molecule has 0 radical (unpaired) electrons. The highest BCUT2D eigenvalue weighted by atomic mass is 32.2. The van der Waals surface area contributed by atoms with Gasteiger partial charge >= 0.3 is 11.9 Å². The average Bonchev–Trinajstić information content (AvgIpc) is 3.25. The van der Waals surface area contributed by atoms with Crippen LogP contribution >= 0.6 is 11.8 Å². The van der Waals surface area contributed by atoms with Gasteiger partial charge in [-0.1, -0.05) is 36.5 Å². The van der Waals surface area contributed by atoms with E-state index in [2.05, 4.69) is 16.5 Å². The lowest BCUT2D eigenvalue weighted by Gasteiger charge is -2.29. The van der Waals surface area contributed by atoms with Gasteiger partial charge in [0, 0.05) is 19.5 Å². The van der Waals surface area contributed by atoms with Crippen LogP contribution < -0.4 is 10.6 Å². The summed E-state index contributed by atoms with van der Waals surface area (Å²) in [5, 5.41) is 0.647. The number of anilines is 2. The Bertz CT molecular complexity index is 986. The second kappa shape index (κ2) is 8.33. The zero-order valence-corrected chi connectivity index (χ0v) is 17.0. The smallest absolute Gasteiger partial charge is 0.338 e. The highest BCUT2D eigenvalue weighted by molar-refractivity contribution is 8.03. The third kappa shape index (κ3) is 4.10. The van der Waals surface area contributed by atoms with Gasteiger partial charge in [-0.2, -0.15) is 4.98 Å². The Hall–Kier alpha value is -3.11. The third-order valence-corrected chi connectivity index (χ3v) is 5.55. The van der Waals surface area contributed by atoms with Crippen molar-refractivity contribution < 1.29 is 23.8 Å². The first-order valence-corrected chi connectivity index (χ1v) is 10.1. The quantitative estimate of drug-likeness (QED) is 0.711. The van der Waals surface area contributed by atoms with Crippen molar-refractivity contribution >= 4 is 35.5 Å². The molecule has 2 N–H and O–H groups in total. The second-order valence-electron chi connectivity index (χ2n) is 6.78. The van der Waals surface area contributed by atoms with Crippen LogP contribution in [0.3, 0.4) is 0 Å². The van der Waals surface area contributed by atoms with Crippen LogP contribution in [0.2, 0.25) is 0 Å². The van der Waals surface area contributed by atoms with E-state index >= 15 is 0 Å². The molecule has 3 atom stereocenters. The molecule has 0 bridgehead atoms. The number of nitrogens with zero attached hydrogens (tertiary/aromatic N) is 3. The fraction of sp³-hybridized carbons (Fsp3) is 0.300. The molecule has 156 valence electrons.